The number of nitrogens with one attached hydrogen (secondary N) is 2. The highest BCUT2D eigenvalue weighted by atomic mass is 16.5. The Morgan fingerprint density at radius 3 is 2.32 bits per heavy atom. The molecule has 0 aliphatic carbocycles. The second-order valence-electron chi connectivity index (χ2n) is 6.66. The topological polar surface area (TPSA) is 145 Å². The lowest BCUT2D eigenvalue weighted by molar-refractivity contribution is 0.285. The third-order valence-corrected chi connectivity index (χ3v) is 4.29. The first-order chi connectivity index (χ1) is 13.5. The number of guanidine groups is 1. The molecule has 8 nitrogen and oxygen atoms in total. The number of hydrogen-bond acceptors (Lipinski definition) is 5. The number of rotatable bonds is 16. The van der Waals surface area contributed by atoms with Crippen LogP contribution in [0, 0.1) is 5.41 Å². The van der Waals surface area contributed by atoms with Crippen LogP contribution in [0.2, 0.25) is 0 Å². The number of nitrogens with two attached hydrogens (primary N) is 3. The Bertz CT molecular complexity index is 602. The quantitative estimate of drug-likeness (QED) is 0.165. The first-order valence-corrected chi connectivity index (χ1v) is 9.96. The van der Waals surface area contributed by atoms with Gasteiger partial charge in [-0.15, -0.1) is 0 Å². The molecule has 1 aromatic rings. The van der Waals surface area contributed by atoms with Gasteiger partial charge in [-0.3, -0.25) is 10.4 Å². The van der Waals surface area contributed by atoms with E-state index < -0.39 is 0 Å². The van der Waals surface area contributed by atoms with E-state index in [0.717, 1.165) is 38.9 Å². The van der Waals surface area contributed by atoms with Crippen LogP contribution in [0.15, 0.2) is 23.2 Å². The van der Waals surface area contributed by atoms with Gasteiger partial charge in [0.1, 0.15) is 5.84 Å². The van der Waals surface area contributed by atoms with E-state index in [0.29, 0.717) is 23.7 Å². The molecule has 0 aromatic heterocycles. The van der Waals surface area contributed by atoms with Crippen molar-refractivity contribution in [1.29, 1.82) is 5.41 Å². The van der Waals surface area contributed by atoms with Gasteiger partial charge in [0.15, 0.2) is 17.5 Å². The monoisotopic (exact) mass is 392 g/mol. The first kappa shape index (κ1) is 23.6. The lowest BCUT2D eigenvalue weighted by Gasteiger charge is -2.12. The van der Waals surface area contributed by atoms with Gasteiger partial charge >= 0.3 is 0 Å². The number of nitrogen functional groups attached to an aromatic ring is 1. The molecule has 8 N–H and O–H groups in total. The molecule has 0 saturated carbocycles. The average molecular weight is 393 g/mol. The van der Waals surface area contributed by atoms with Crippen LogP contribution in [0.5, 0.6) is 11.5 Å². The molecular weight excluding hydrogens is 356 g/mol. The molecule has 0 aliphatic rings. The molecule has 0 amide bonds. The van der Waals surface area contributed by atoms with Crippen molar-refractivity contribution in [3.63, 3.8) is 0 Å². The van der Waals surface area contributed by atoms with E-state index in [-0.39, 0.29) is 11.8 Å². The Hall–Kier alpha value is -2.48. The fraction of sp³-hybridized carbons (Fsp3) is 0.600. The Kier molecular flexibility index (Phi) is 12.3. The number of unbranched alkanes of at least 4 members (excludes halogenated alkanes) is 5. The maximum absolute atomic E-state index is 7.47. The zero-order chi connectivity index (χ0) is 20.6. The molecule has 0 atom stereocenters. The van der Waals surface area contributed by atoms with Gasteiger partial charge in [0.05, 0.1) is 13.7 Å². The van der Waals surface area contributed by atoms with Gasteiger partial charge in [-0.2, -0.15) is 0 Å². The third kappa shape index (κ3) is 10.6. The predicted octanol–water partition coefficient (Wildman–Crippen LogP) is 1.95. The van der Waals surface area contributed by atoms with E-state index in [9.17, 15) is 0 Å². The molecule has 0 fully saturated rings. The average Bonchev–Trinajstić information content (AvgIpc) is 2.67. The molecule has 1 aromatic carbocycles. The summed E-state index contributed by atoms with van der Waals surface area (Å²) in [6.45, 7) is 3.41. The lowest BCUT2D eigenvalue weighted by atomic mass is 10.1. The summed E-state index contributed by atoms with van der Waals surface area (Å²) in [5.74, 6) is 1.48. The first-order valence-electron chi connectivity index (χ1n) is 9.96. The number of ether oxygens (including phenoxy) is 2. The largest absolute Gasteiger partial charge is 0.493 e. The molecule has 0 bridgehead atoms. The Morgan fingerprint density at radius 1 is 0.964 bits per heavy atom. The van der Waals surface area contributed by atoms with Gasteiger partial charge in [-0.05, 0) is 57.0 Å². The summed E-state index contributed by atoms with van der Waals surface area (Å²) >= 11 is 0. The van der Waals surface area contributed by atoms with Crippen molar-refractivity contribution in [3.8, 4) is 11.5 Å². The second kappa shape index (κ2) is 14.6. The zero-order valence-electron chi connectivity index (χ0n) is 17.0. The van der Waals surface area contributed by atoms with Crippen LogP contribution in [0.25, 0.3) is 0 Å². The van der Waals surface area contributed by atoms with Crippen molar-refractivity contribution in [1.82, 2.24) is 5.32 Å². The van der Waals surface area contributed by atoms with Crippen molar-refractivity contribution in [3.05, 3.63) is 23.8 Å². The maximum Gasteiger partial charge on any atom is 0.185 e. The summed E-state index contributed by atoms with van der Waals surface area (Å²) in [4.78, 5) is 3.98. The summed E-state index contributed by atoms with van der Waals surface area (Å²) in [7, 11) is 1.58. The van der Waals surface area contributed by atoms with E-state index in [1.165, 1.54) is 25.7 Å². The van der Waals surface area contributed by atoms with E-state index in [1.807, 2.05) is 0 Å². The van der Waals surface area contributed by atoms with Crippen LogP contribution >= 0.6 is 0 Å². The highest BCUT2D eigenvalue weighted by Crippen LogP contribution is 2.28. The van der Waals surface area contributed by atoms with E-state index in [4.69, 9.17) is 32.1 Å². The highest BCUT2D eigenvalue weighted by Gasteiger charge is 2.07. The van der Waals surface area contributed by atoms with E-state index >= 15 is 0 Å². The molecule has 0 spiro atoms. The number of benzene rings is 1. The predicted molar refractivity (Wildman–Crippen MR) is 115 cm³/mol. The summed E-state index contributed by atoms with van der Waals surface area (Å²) in [5.41, 5.74) is 16.7. The van der Waals surface area contributed by atoms with Crippen molar-refractivity contribution in [2.24, 2.45) is 22.2 Å². The van der Waals surface area contributed by atoms with Crippen LogP contribution in [0.4, 0.5) is 0 Å². The van der Waals surface area contributed by atoms with Gasteiger partial charge in [0.2, 0.25) is 0 Å². The minimum atomic E-state index is 0.0156. The fourth-order valence-corrected chi connectivity index (χ4v) is 2.71. The van der Waals surface area contributed by atoms with Gasteiger partial charge in [-0.1, -0.05) is 19.3 Å². The van der Waals surface area contributed by atoms with Crippen molar-refractivity contribution in [2.45, 2.75) is 44.9 Å². The number of amidine groups is 1. The number of hydrogen-bond donors (Lipinski definition) is 5. The summed E-state index contributed by atoms with van der Waals surface area (Å²) in [5, 5.41) is 10.9. The Balaban J connectivity index is 1.99. The molecule has 0 saturated heterocycles. The number of nitrogens with zero attached hydrogens (tertiary/aromatic N) is 1. The molecule has 28 heavy (non-hydrogen) atoms. The molecular formula is C20H36N6O2. The Labute approximate surface area is 168 Å². The Morgan fingerprint density at radius 2 is 1.64 bits per heavy atom. The third-order valence-electron chi connectivity index (χ3n) is 4.29. The van der Waals surface area contributed by atoms with Crippen LogP contribution < -0.4 is 32.0 Å². The maximum atomic E-state index is 7.47. The standard InChI is InChI=1S/C20H36N6O2/c1-27-18-15-16(19(21)22)9-10-17(18)28-14-8-7-12-25-11-5-3-2-4-6-13-26-20(23)24/h9-10,15,25H,2-8,11-14H2,1H3,(H3,21,22)(H4,23,24,26). The summed E-state index contributed by atoms with van der Waals surface area (Å²) in [6, 6.07) is 5.29. The number of aliphatic imine (C=N–C) groups is 1. The smallest absolute Gasteiger partial charge is 0.185 e. The van der Waals surface area contributed by atoms with Gasteiger partial charge in [0.25, 0.3) is 0 Å². The van der Waals surface area contributed by atoms with Gasteiger partial charge in [0, 0.05) is 12.1 Å². The molecule has 0 aliphatic heterocycles. The lowest BCUT2D eigenvalue weighted by Crippen LogP contribution is -2.22. The van der Waals surface area contributed by atoms with E-state index in [2.05, 4.69) is 10.3 Å². The van der Waals surface area contributed by atoms with Crippen molar-refractivity contribution >= 4 is 11.8 Å². The molecule has 0 radical (unpaired) electrons. The summed E-state index contributed by atoms with van der Waals surface area (Å²) < 4.78 is 11.1. The zero-order valence-corrected chi connectivity index (χ0v) is 17.0. The van der Waals surface area contributed by atoms with Crippen LogP contribution in [-0.2, 0) is 0 Å². The SMILES string of the molecule is COc1cc(C(=N)N)ccc1OCCCCNCCCCCCCN=C(N)N. The van der Waals surface area contributed by atoms with Crippen LogP contribution in [0.3, 0.4) is 0 Å². The molecule has 0 heterocycles. The highest BCUT2D eigenvalue weighted by molar-refractivity contribution is 5.95. The second-order valence-corrected chi connectivity index (χ2v) is 6.66. The number of methoxy groups -OCH3 is 1. The minimum Gasteiger partial charge on any atom is -0.493 e. The molecule has 1 rings (SSSR count). The van der Waals surface area contributed by atoms with Gasteiger partial charge in [-0.25, -0.2) is 0 Å². The van der Waals surface area contributed by atoms with Gasteiger partial charge < -0.3 is 32.0 Å². The molecule has 158 valence electrons. The van der Waals surface area contributed by atoms with Crippen LogP contribution in [0.1, 0.15) is 50.5 Å². The van der Waals surface area contributed by atoms with Crippen LogP contribution in [-0.4, -0.2) is 45.1 Å². The normalized spacial score (nSPS) is 10.5. The minimum absolute atomic E-state index is 0.0156. The molecule has 0 unspecified atom stereocenters. The van der Waals surface area contributed by atoms with Crippen molar-refractivity contribution in [2.75, 3.05) is 33.4 Å². The van der Waals surface area contributed by atoms with Crippen molar-refractivity contribution < 1.29 is 9.47 Å². The van der Waals surface area contributed by atoms with E-state index in [1.54, 1.807) is 25.3 Å². The molecule has 8 heteroatoms. The summed E-state index contributed by atoms with van der Waals surface area (Å²) in [6.07, 6.45) is 7.90. The fourth-order valence-electron chi connectivity index (χ4n) is 2.71.